The number of halogens is 2. The number of aliphatic imine (C=N–C) groups is 1. The van der Waals surface area contributed by atoms with E-state index in [1.807, 2.05) is 0 Å². The fraction of sp³-hybridized carbons (Fsp3) is 0.200. The second kappa shape index (κ2) is 5.98. The third-order valence-electron chi connectivity index (χ3n) is 2.02. The second-order valence-corrected chi connectivity index (χ2v) is 3.24. The van der Waals surface area contributed by atoms with Crippen molar-refractivity contribution >= 4 is 19.2 Å². The summed E-state index contributed by atoms with van der Waals surface area (Å²) in [4.78, 5) is 14.2. The van der Waals surface area contributed by atoms with E-state index in [9.17, 15) is 18.3 Å². The van der Waals surface area contributed by atoms with Gasteiger partial charge in [0.2, 0.25) is 0 Å². The summed E-state index contributed by atoms with van der Waals surface area (Å²) >= 11 is 0. The molecule has 4 nitrogen and oxygen atoms in total. The first kappa shape index (κ1) is 13.2. The molecule has 1 atom stereocenters. The number of aliphatic carboxylic acids is 1. The summed E-state index contributed by atoms with van der Waals surface area (Å²) in [6, 6.07) is 1.89. The molecule has 1 N–H and O–H groups in total. The molecule has 0 spiro atoms. The Balaban J connectivity index is 2.85. The van der Waals surface area contributed by atoms with E-state index in [1.165, 1.54) is 6.07 Å². The van der Waals surface area contributed by atoms with Gasteiger partial charge in [-0.05, 0) is 0 Å². The van der Waals surface area contributed by atoms with Crippen molar-refractivity contribution in [3.8, 4) is 0 Å². The third kappa shape index (κ3) is 3.86. The van der Waals surface area contributed by atoms with Gasteiger partial charge in [-0.25, -0.2) is 0 Å². The summed E-state index contributed by atoms with van der Waals surface area (Å²) in [5, 5.41) is 8.79. The predicted molar refractivity (Wildman–Crippen MR) is 56.4 cm³/mol. The molecule has 0 amide bonds. The maximum absolute atomic E-state index is 12.9. The molecular weight excluding hydrogens is 231 g/mol. The zero-order valence-electron chi connectivity index (χ0n) is 8.64. The number of rotatable bonds is 5. The number of carboxylic acid groups (broad SMARTS) is 1. The van der Waals surface area contributed by atoms with Crippen LogP contribution >= 0.6 is 0 Å². The molecule has 0 aliphatic rings. The van der Waals surface area contributed by atoms with Crippen molar-refractivity contribution in [1.29, 1.82) is 0 Å². The molecule has 0 aromatic heterocycles. The summed E-state index contributed by atoms with van der Waals surface area (Å²) < 4.78 is 35.5. The van der Waals surface area contributed by atoms with Gasteiger partial charge < -0.3 is 0 Å². The molecule has 0 saturated carbocycles. The monoisotopic (exact) mass is 239 g/mol. The van der Waals surface area contributed by atoms with Crippen LogP contribution < -0.4 is 0 Å². The van der Waals surface area contributed by atoms with Crippen molar-refractivity contribution in [3.63, 3.8) is 0 Å². The number of hydrogen-bond donors (Lipinski definition) is 1. The minimum atomic E-state index is -1.24. The van der Waals surface area contributed by atoms with E-state index < -0.39 is 23.6 Å². The fourth-order valence-electron chi connectivity index (χ4n) is 1.23. The Morgan fingerprint density at radius 1 is 1.47 bits per heavy atom. The van der Waals surface area contributed by atoms with E-state index in [4.69, 9.17) is 5.11 Å². The Bertz CT molecular complexity index is 465. The molecule has 7 heteroatoms. The molecule has 1 rings (SSSR count). The Morgan fingerprint density at radius 2 is 2.18 bits per heavy atom. The van der Waals surface area contributed by atoms with Gasteiger partial charge >= 0.3 is 95.5 Å². The molecule has 0 bridgehead atoms. The zero-order chi connectivity index (χ0) is 12.8. The van der Waals surface area contributed by atoms with Gasteiger partial charge in [-0.15, -0.1) is 0 Å². The molecule has 1 aromatic carbocycles. The van der Waals surface area contributed by atoms with E-state index in [0.29, 0.717) is 12.7 Å². The average molecular weight is 239 g/mol. The van der Waals surface area contributed by atoms with Crippen LogP contribution in [-0.2, 0) is 15.9 Å². The van der Waals surface area contributed by atoms with Gasteiger partial charge in [0.05, 0.1) is 0 Å². The maximum atomic E-state index is 12.9. The number of nitrogens with zero attached hydrogens (tertiary/aromatic N) is 1. The number of benzene rings is 1. The Morgan fingerprint density at radius 3 is 2.71 bits per heavy atom. The van der Waals surface area contributed by atoms with Crippen LogP contribution in [0.2, 0.25) is 0 Å². The molecule has 0 radical (unpaired) electrons. The van der Waals surface area contributed by atoms with Crippen molar-refractivity contribution in [2.45, 2.75) is 12.5 Å². The quantitative estimate of drug-likeness (QED) is 0.616. The molecule has 17 heavy (non-hydrogen) atoms. The van der Waals surface area contributed by atoms with Crippen LogP contribution in [-0.4, -0.2) is 30.4 Å². The fourth-order valence-corrected chi connectivity index (χ4v) is 1.23. The normalized spacial score (nSPS) is 12.4. The molecule has 0 aliphatic heterocycles. The summed E-state index contributed by atoms with van der Waals surface area (Å²) in [6.07, 6.45) is 0.704. The molecule has 0 saturated heterocycles. The van der Waals surface area contributed by atoms with Gasteiger partial charge in [0.15, 0.2) is 0 Å². The molecular formula is C10H8BF2NO3. The van der Waals surface area contributed by atoms with Crippen LogP contribution in [0.3, 0.4) is 0 Å². The van der Waals surface area contributed by atoms with Gasteiger partial charge in [0.25, 0.3) is 0 Å². The van der Waals surface area contributed by atoms with Crippen molar-refractivity contribution in [2.24, 2.45) is 4.99 Å². The van der Waals surface area contributed by atoms with Crippen LogP contribution in [0.15, 0.2) is 23.2 Å². The number of hydrogen-bond acceptors (Lipinski definition) is 3. The number of carboxylic acids is 1. The van der Waals surface area contributed by atoms with Crippen LogP contribution in [0.1, 0.15) is 5.56 Å². The van der Waals surface area contributed by atoms with Crippen LogP contribution in [0.5, 0.6) is 0 Å². The SMILES string of the molecule is O=BC=NC(Cc1ccc(F)c(F)c1)C(=O)O. The van der Waals surface area contributed by atoms with Gasteiger partial charge in [-0.1, -0.05) is 0 Å². The summed E-state index contributed by atoms with van der Waals surface area (Å²) in [5.74, 6) is -3.30. The van der Waals surface area contributed by atoms with Crippen molar-refractivity contribution in [1.82, 2.24) is 0 Å². The van der Waals surface area contributed by atoms with Crippen molar-refractivity contribution < 1.29 is 23.4 Å². The van der Waals surface area contributed by atoms with Crippen LogP contribution in [0.4, 0.5) is 8.78 Å². The first-order valence-corrected chi connectivity index (χ1v) is 4.68. The summed E-state index contributed by atoms with van der Waals surface area (Å²) in [5.41, 5.74) is 0.291. The Labute approximate surface area is 96.2 Å². The van der Waals surface area contributed by atoms with E-state index in [1.54, 1.807) is 0 Å². The third-order valence-corrected chi connectivity index (χ3v) is 2.02. The second-order valence-electron chi connectivity index (χ2n) is 3.24. The molecule has 0 heterocycles. The first-order chi connectivity index (χ1) is 8.04. The molecule has 0 fully saturated rings. The van der Waals surface area contributed by atoms with Crippen LogP contribution in [0, 0.1) is 11.6 Å². The van der Waals surface area contributed by atoms with Gasteiger partial charge in [0, 0.05) is 0 Å². The van der Waals surface area contributed by atoms with E-state index >= 15 is 0 Å². The van der Waals surface area contributed by atoms with Gasteiger partial charge in [-0.3, -0.25) is 0 Å². The van der Waals surface area contributed by atoms with E-state index in [-0.39, 0.29) is 6.42 Å². The standard InChI is InChI=1S/C10H8BF2NO3/c12-7-2-1-6(3-8(7)13)4-9(10(15)16)14-5-11-17/h1-3,5,9H,4H2,(H,15,16). The molecule has 88 valence electrons. The van der Waals surface area contributed by atoms with Crippen molar-refractivity contribution in [3.05, 3.63) is 35.4 Å². The Hall–Kier alpha value is -1.92. The minimum absolute atomic E-state index is 0.114. The molecule has 1 unspecified atom stereocenters. The average Bonchev–Trinajstić information content (AvgIpc) is 2.28. The summed E-state index contributed by atoms with van der Waals surface area (Å²) in [6.45, 7) is 0. The molecule has 0 aliphatic carbocycles. The first-order valence-electron chi connectivity index (χ1n) is 4.68. The van der Waals surface area contributed by atoms with Crippen LogP contribution in [0.25, 0.3) is 0 Å². The topological polar surface area (TPSA) is 66.7 Å². The zero-order valence-corrected chi connectivity index (χ0v) is 8.64. The molecule has 1 aromatic rings. The number of carbonyl (C=O) groups is 1. The van der Waals surface area contributed by atoms with Gasteiger partial charge in [-0.2, -0.15) is 0 Å². The Kier molecular flexibility index (Phi) is 4.62. The summed E-state index contributed by atoms with van der Waals surface area (Å²) in [7, 11) is 0.348. The van der Waals surface area contributed by atoms with E-state index in [0.717, 1.165) is 18.2 Å². The van der Waals surface area contributed by atoms with Crippen molar-refractivity contribution in [2.75, 3.05) is 0 Å². The van der Waals surface area contributed by atoms with Gasteiger partial charge in [0.1, 0.15) is 0 Å². The van der Waals surface area contributed by atoms with E-state index in [2.05, 4.69) is 4.99 Å². The predicted octanol–water partition coefficient (Wildman–Crippen LogP) is 1.04.